The highest BCUT2D eigenvalue weighted by Gasteiger charge is 2.27. The fraction of sp³-hybridized carbons (Fsp3) is 0.633. The van der Waals surface area contributed by atoms with Crippen LogP contribution in [-0.2, 0) is 24.1 Å². The van der Waals surface area contributed by atoms with E-state index in [0.29, 0.717) is 24.3 Å². The number of ether oxygens (including phenoxy) is 1. The summed E-state index contributed by atoms with van der Waals surface area (Å²) in [6, 6.07) is 11.3. The number of carbonyl (C=O) groups excluding carboxylic acids is 1. The number of esters is 1. The van der Waals surface area contributed by atoms with Crippen molar-refractivity contribution in [1.29, 1.82) is 0 Å². The molecule has 1 aliphatic rings. The summed E-state index contributed by atoms with van der Waals surface area (Å²) < 4.78 is 6.01. The lowest BCUT2D eigenvalue weighted by Crippen LogP contribution is -2.41. The zero-order valence-corrected chi connectivity index (χ0v) is 22.7. The lowest BCUT2D eigenvalue weighted by Gasteiger charge is -2.35. The van der Waals surface area contributed by atoms with E-state index in [-0.39, 0.29) is 5.97 Å². The van der Waals surface area contributed by atoms with Gasteiger partial charge in [0.15, 0.2) is 0 Å². The van der Waals surface area contributed by atoms with E-state index in [9.17, 15) is 4.79 Å². The Hall–Kier alpha value is -1.65. The van der Waals surface area contributed by atoms with Crippen molar-refractivity contribution in [1.82, 2.24) is 4.90 Å². The van der Waals surface area contributed by atoms with Crippen LogP contribution in [0, 0.1) is 11.8 Å². The van der Waals surface area contributed by atoms with Gasteiger partial charge in [0.05, 0.1) is 0 Å². The number of hydrogen-bond donors (Lipinski definition) is 0. The Morgan fingerprint density at radius 3 is 2.62 bits per heavy atom. The Balaban J connectivity index is 1.63. The predicted octanol–water partition coefficient (Wildman–Crippen LogP) is 7.71. The SMILES string of the molecule is CCCC(C)C(CCC)CC(=O)Oc1cccc2c1CCC(N(CCC)CCc1cccs1)C2. The van der Waals surface area contributed by atoms with Gasteiger partial charge in [0, 0.05) is 23.9 Å². The molecule has 3 nitrogen and oxygen atoms in total. The van der Waals surface area contributed by atoms with Gasteiger partial charge in [-0.2, -0.15) is 0 Å². The van der Waals surface area contributed by atoms with E-state index in [2.05, 4.69) is 62.2 Å². The molecule has 0 spiro atoms. The molecule has 0 saturated carbocycles. The monoisotopic (exact) mass is 483 g/mol. The highest BCUT2D eigenvalue weighted by Crippen LogP contribution is 2.33. The van der Waals surface area contributed by atoms with Crippen LogP contribution >= 0.6 is 11.3 Å². The summed E-state index contributed by atoms with van der Waals surface area (Å²) in [7, 11) is 0. The second-order valence-electron chi connectivity index (χ2n) is 10.1. The number of fused-ring (bicyclic) bond motifs is 1. The maximum atomic E-state index is 12.9. The topological polar surface area (TPSA) is 29.5 Å². The van der Waals surface area contributed by atoms with Gasteiger partial charge in [0.1, 0.15) is 5.75 Å². The minimum absolute atomic E-state index is 0.0551. The quantitative estimate of drug-likeness (QED) is 0.204. The summed E-state index contributed by atoms with van der Waals surface area (Å²) in [6.45, 7) is 11.3. The number of hydrogen-bond acceptors (Lipinski definition) is 4. The Morgan fingerprint density at radius 2 is 1.91 bits per heavy atom. The van der Waals surface area contributed by atoms with Crippen molar-refractivity contribution in [3.63, 3.8) is 0 Å². The van der Waals surface area contributed by atoms with Gasteiger partial charge < -0.3 is 4.74 Å². The fourth-order valence-corrected chi connectivity index (χ4v) is 6.36. The van der Waals surface area contributed by atoms with Crippen molar-refractivity contribution in [3.8, 4) is 5.75 Å². The van der Waals surface area contributed by atoms with Gasteiger partial charge in [-0.3, -0.25) is 9.69 Å². The Morgan fingerprint density at radius 1 is 1.09 bits per heavy atom. The molecule has 1 heterocycles. The molecule has 3 unspecified atom stereocenters. The first-order valence-electron chi connectivity index (χ1n) is 13.6. The molecule has 2 aromatic rings. The van der Waals surface area contributed by atoms with Crippen LogP contribution in [0.25, 0.3) is 0 Å². The number of rotatable bonds is 14. The van der Waals surface area contributed by atoms with Gasteiger partial charge in [0.25, 0.3) is 0 Å². The number of benzene rings is 1. The van der Waals surface area contributed by atoms with Crippen molar-refractivity contribution in [2.75, 3.05) is 13.1 Å². The van der Waals surface area contributed by atoms with Crippen LogP contribution in [0.3, 0.4) is 0 Å². The van der Waals surface area contributed by atoms with E-state index < -0.39 is 0 Å². The first-order chi connectivity index (χ1) is 16.5. The van der Waals surface area contributed by atoms with E-state index in [1.165, 1.54) is 35.3 Å². The Labute approximate surface area is 211 Å². The lowest BCUT2D eigenvalue weighted by molar-refractivity contribution is -0.136. The average molecular weight is 484 g/mol. The first kappa shape index (κ1) is 26.9. The van der Waals surface area contributed by atoms with Gasteiger partial charge in [0.2, 0.25) is 0 Å². The summed E-state index contributed by atoms with van der Waals surface area (Å²) in [6.07, 6.45) is 10.6. The summed E-state index contributed by atoms with van der Waals surface area (Å²) in [5, 5.41) is 2.17. The van der Waals surface area contributed by atoms with Gasteiger partial charge in [-0.05, 0) is 85.5 Å². The van der Waals surface area contributed by atoms with Crippen LogP contribution in [0.15, 0.2) is 35.7 Å². The van der Waals surface area contributed by atoms with Crippen molar-refractivity contribution in [2.45, 2.75) is 97.9 Å². The standard InChI is InChI=1S/C30H45NO2S/c1-5-10-23(4)24(11-6-2)22-30(32)33-29-14-8-12-25-21-26(15-16-28(25)29)31(18-7-3)19-17-27-13-9-20-34-27/h8-9,12-14,20,23-24,26H,5-7,10-11,15-19,21-22H2,1-4H3. The zero-order valence-electron chi connectivity index (χ0n) is 21.9. The van der Waals surface area contributed by atoms with Crippen LogP contribution in [0.1, 0.15) is 88.6 Å². The molecule has 0 saturated heterocycles. The van der Waals surface area contributed by atoms with E-state index in [4.69, 9.17) is 4.74 Å². The largest absolute Gasteiger partial charge is 0.426 e. The fourth-order valence-electron chi connectivity index (χ4n) is 5.66. The van der Waals surface area contributed by atoms with Gasteiger partial charge in [-0.1, -0.05) is 65.2 Å². The second kappa shape index (κ2) is 14.0. The molecule has 1 aliphatic carbocycles. The molecule has 3 atom stereocenters. The highest BCUT2D eigenvalue weighted by atomic mass is 32.1. The minimum atomic E-state index is -0.0551. The summed E-state index contributed by atoms with van der Waals surface area (Å²) in [5.74, 6) is 1.74. The molecule has 0 amide bonds. The molecule has 1 aromatic carbocycles. The molecule has 1 aromatic heterocycles. The van der Waals surface area contributed by atoms with Crippen LogP contribution in [0.2, 0.25) is 0 Å². The Bertz CT molecular complexity index is 863. The molecule has 0 radical (unpaired) electrons. The van der Waals surface area contributed by atoms with E-state index >= 15 is 0 Å². The maximum absolute atomic E-state index is 12.9. The molecule has 188 valence electrons. The van der Waals surface area contributed by atoms with Crippen LogP contribution in [0.5, 0.6) is 5.75 Å². The molecule has 0 aliphatic heterocycles. The zero-order chi connectivity index (χ0) is 24.3. The number of nitrogens with zero attached hydrogens (tertiary/aromatic N) is 1. The lowest BCUT2D eigenvalue weighted by atomic mass is 9.84. The molecule has 3 rings (SSSR count). The van der Waals surface area contributed by atoms with Gasteiger partial charge >= 0.3 is 5.97 Å². The molecular weight excluding hydrogens is 438 g/mol. The molecule has 34 heavy (non-hydrogen) atoms. The normalized spacial score (nSPS) is 17.4. The third-order valence-electron chi connectivity index (χ3n) is 7.53. The van der Waals surface area contributed by atoms with Crippen LogP contribution in [0.4, 0.5) is 0 Å². The van der Waals surface area contributed by atoms with Gasteiger partial charge in [-0.25, -0.2) is 0 Å². The van der Waals surface area contributed by atoms with Crippen molar-refractivity contribution in [2.24, 2.45) is 11.8 Å². The summed E-state index contributed by atoms with van der Waals surface area (Å²) >= 11 is 1.86. The number of carbonyl (C=O) groups is 1. The van der Waals surface area contributed by atoms with Crippen molar-refractivity contribution in [3.05, 3.63) is 51.7 Å². The molecule has 4 heteroatoms. The highest BCUT2D eigenvalue weighted by molar-refractivity contribution is 7.09. The first-order valence-corrected chi connectivity index (χ1v) is 14.5. The smallest absolute Gasteiger partial charge is 0.311 e. The Kier molecular flexibility index (Phi) is 11.1. The van der Waals surface area contributed by atoms with E-state index in [0.717, 1.165) is 57.4 Å². The molecular formula is C30H45NO2S. The maximum Gasteiger partial charge on any atom is 0.311 e. The van der Waals surface area contributed by atoms with E-state index in [1.807, 2.05) is 17.4 Å². The van der Waals surface area contributed by atoms with Crippen molar-refractivity contribution < 1.29 is 9.53 Å². The number of thiophene rings is 1. The van der Waals surface area contributed by atoms with Crippen molar-refractivity contribution >= 4 is 17.3 Å². The average Bonchev–Trinajstić information content (AvgIpc) is 3.35. The predicted molar refractivity (Wildman–Crippen MR) is 145 cm³/mol. The van der Waals surface area contributed by atoms with E-state index in [1.54, 1.807) is 0 Å². The third kappa shape index (κ3) is 7.68. The van der Waals surface area contributed by atoms with Gasteiger partial charge in [-0.15, -0.1) is 11.3 Å². The molecule has 0 bridgehead atoms. The summed E-state index contributed by atoms with van der Waals surface area (Å²) in [4.78, 5) is 17.1. The summed E-state index contributed by atoms with van der Waals surface area (Å²) in [5.41, 5.74) is 2.62. The minimum Gasteiger partial charge on any atom is -0.426 e. The molecule has 0 fully saturated rings. The molecule has 0 N–H and O–H groups in total. The third-order valence-corrected chi connectivity index (χ3v) is 8.46. The van der Waals surface area contributed by atoms with Crippen LogP contribution in [-0.4, -0.2) is 30.0 Å². The second-order valence-corrected chi connectivity index (χ2v) is 11.2. The van der Waals surface area contributed by atoms with Crippen LogP contribution < -0.4 is 4.74 Å².